The molecule has 2 amide bonds. The Kier molecular flexibility index (Phi) is 11.3. The molecule has 272 valence electrons. The number of amides is 2. The fraction of sp³-hybridized carbons (Fsp3) is 0.429. The lowest BCUT2D eigenvalue weighted by Crippen LogP contribution is -2.52. The van der Waals surface area contributed by atoms with Crippen molar-refractivity contribution in [1.82, 2.24) is 24.3 Å². The first-order valence-electron chi connectivity index (χ1n) is 16.5. The number of nitrogens with zero attached hydrogens (tertiary/aromatic N) is 5. The predicted octanol–water partition coefficient (Wildman–Crippen LogP) is 6.36. The van der Waals surface area contributed by atoms with E-state index in [0.29, 0.717) is 49.3 Å². The number of benzene rings is 2. The van der Waals surface area contributed by atoms with Crippen LogP contribution < -0.4 is 5.32 Å². The number of fused-ring (bicyclic) bond motifs is 1. The molecule has 2 aromatic carbocycles. The minimum absolute atomic E-state index is 0.0702. The molecule has 0 saturated carbocycles. The summed E-state index contributed by atoms with van der Waals surface area (Å²) >= 11 is 14.8. The third-order valence-electron chi connectivity index (χ3n) is 9.45. The van der Waals surface area contributed by atoms with E-state index in [1.807, 2.05) is 35.9 Å². The molecule has 2 saturated heterocycles. The summed E-state index contributed by atoms with van der Waals surface area (Å²) < 4.78 is 45.6. The number of halogens is 5. The molecule has 2 aliphatic rings. The summed E-state index contributed by atoms with van der Waals surface area (Å²) in [6, 6.07) is 10.2. The number of ether oxygens (including phenoxy) is 1. The molecule has 2 aromatic heterocycles. The number of hydrogen-bond acceptors (Lipinski definition) is 8. The second-order valence-electron chi connectivity index (χ2n) is 12.8. The summed E-state index contributed by atoms with van der Waals surface area (Å²) in [4.78, 5) is 49.8. The Labute approximate surface area is 307 Å². The molecule has 0 bridgehead atoms. The second-order valence-corrected chi connectivity index (χ2v) is 14.8. The van der Waals surface area contributed by atoms with Gasteiger partial charge in [0, 0.05) is 79.0 Å². The maximum absolute atomic E-state index is 14.1. The molecule has 0 aliphatic carbocycles. The van der Waals surface area contributed by atoms with Crippen LogP contribution in [0.4, 0.5) is 18.9 Å². The Morgan fingerprint density at radius 2 is 1.82 bits per heavy atom. The molecule has 1 N–H and O–H groups in total. The van der Waals surface area contributed by atoms with Gasteiger partial charge in [0.25, 0.3) is 5.91 Å². The number of likely N-dealkylation sites (tertiary alicyclic amines) is 1. The second kappa shape index (κ2) is 15.5. The molecule has 51 heavy (non-hydrogen) atoms. The molecule has 4 heterocycles. The highest BCUT2D eigenvalue weighted by Crippen LogP contribution is 2.39. The standard InChI is InChI=1S/C35H37Cl2F3N6O4S/c1-43-19-25(24-5-3-4-6-29(24)43)33(49)42-28-16-26(36)21(13-27(28)37)14-31(47)46-18-22(45-11-9-44(10-12-45)20-35(38,39)40)15-30(46)34-41-17-23(51-34)7-8-32(48)50-2/h3-6,13,16-17,19,22,30H,7-12,14-15,18,20H2,1-2H3,(H,42,49)/t22-,30-/m0/s1. The molecule has 6 rings (SSSR count). The number of aryl methyl sites for hydroxylation is 2. The Morgan fingerprint density at radius 1 is 1.08 bits per heavy atom. The van der Waals surface area contributed by atoms with Gasteiger partial charge in [-0.05, 0) is 36.6 Å². The van der Waals surface area contributed by atoms with E-state index in [2.05, 4.69) is 15.2 Å². The Morgan fingerprint density at radius 3 is 2.55 bits per heavy atom. The van der Waals surface area contributed by atoms with Gasteiger partial charge in [0.2, 0.25) is 5.91 Å². The van der Waals surface area contributed by atoms with Gasteiger partial charge in [-0.3, -0.25) is 24.2 Å². The molecule has 0 unspecified atom stereocenters. The normalized spacial score (nSPS) is 18.8. The topological polar surface area (TPSA) is 100 Å². The fourth-order valence-electron chi connectivity index (χ4n) is 6.84. The van der Waals surface area contributed by atoms with Crippen LogP contribution in [0.1, 0.15) is 44.7 Å². The van der Waals surface area contributed by atoms with Crippen LogP contribution in [0.2, 0.25) is 10.0 Å². The van der Waals surface area contributed by atoms with Gasteiger partial charge < -0.3 is 19.5 Å². The van der Waals surface area contributed by atoms with E-state index in [1.165, 1.54) is 29.4 Å². The summed E-state index contributed by atoms with van der Waals surface area (Å²) in [5, 5.41) is 4.84. The third-order valence-corrected chi connectivity index (χ3v) is 11.3. The van der Waals surface area contributed by atoms with Crippen molar-refractivity contribution in [1.29, 1.82) is 0 Å². The van der Waals surface area contributed by atoms with E-state index in [0.717, 1.165) is 20.8 Å². The van der Waals surface area contributed by atoms with Crippen LogP contribution in [-0.4, -0.2) is 101 Å². The monoisotopic (exact) mass is 764 g/mol. The number of hydrogen-bond donors (Lipinski definition) is 1. The van der Waals surface area contributed by atoms with Gasteiger partial charge in [-0.25, -0.2) is 4.98 Å². The van der Waals surface area contributed by atoms with Crippen molar-refractivity contribution >= 4 is 68.9 Å². The molecule has 2 aliphatic heterocycles. The summed E-state index contributed by atoms with van der Waals surface area (Å²) in [7, 11) is 3.19. The Bertz CT molecular complexity index is 1930. The van der Waals surface area contributed by atoms with Crippen LogP contribution in [0.25, 0.3) is 10.9 Å². The number of para-hydroxylation sites is 1. The first-order valence-corrected chi connectivity index (χ1v) is 18.0. The summed E-state index contributed by atoms with van der Waals surface area (Å²) in [5.74, 6) is -0.898. The quantitative estimate of drug-likeness (QED) is 0.188. The van der Waals surface area contributed by atoms with E-state index in [4.69, 9.17) is 27.9 Å². The fourth-order valence-corrected chi connectivity index (χ4v) is 8.35. The van der Waals surface area contributed by atoms with Gasteiger partial charge >= 0.3 is 12.1 Å². The number of piperazine rings is 1. The number of methoxy groups -OCH3 is 1. The highest BCUT2D eigenvalue weighted by Gasteiger charge is 2.42. The third kappa shape index (κ3) is 8.69. The van der Waals surface area contributed by atoms with Crippen LogP contribution in [0, 0.1) is 0 Å². The average molecular weight is 766 g/mol. The van der Waals surface area contributed by atoms with Crippen molar-refractivity contribution in [3.05, 3.63) is 79.8 Å². The zero-order valence-electron chi connectivity index (χ0n) is 28.0. The van der Waals surface area contributed by atoms with Gasteiger partial charge in [0.1, 0.15) is 5.01 Å². The van der Waals surface area contributed by atoms with E-state index < -0.39 is 12.7 Å². The zero-order valence-corrected chi connectivity index (χ0v) is 30.3. The molecule has 10 nitrogen and oxygen atoms in total. The molecular weight excluding hydrogens is 728 g/mol. The van der Waals surface area contributed by atoms with E-state index in [9.17, 15) is 27.6 Å². The number of rotatable bonds is 10. The minimum atomic E-state index is -4.26. The average Bonchev–Trinajstić information content (AvgIpc) is 3.83. The largest absolute Gasteiger partial charge is 0.469 e. The van der Waals surface area contributed by atoms with Gasteiger partial charge in [-0.1, -0.05) is 41.4 Å². The van der Waals surface area contributed by atoms with Crippen molar-refractivity contribution in [3.8, 4) is 0 Å². The zero-order chi connectivity index (χ0) is 36.4. The van der Waals surface area contributed by atoms with Crippen molar-refractivity contribution in [2.45, 2.75) is 43.9 Å². The van der Waals surface area contributed by atoms with Crippen molar-refractivity contribution in [2.75, 3.05) is 51.7 Å². The number of nitrogens with one attached hydrogen (secondary N) is 1. The molecule has 4 aromatic rings. The predicted molar refractivity (Wildman–Crippen MR) is 190 cm³/mol. The minimum Gasteiger partial charge on any atom is -0.469 e. The molecule has 0 spiro atoms. The summed E-state index contributed by atoms with van der Waals surface area (Å²) in [6.45, 7) is 0.879. The maximum Gasteiger partial charge on any atom is 0.401 e. The van der Waals surface area contributed by atoms with Crippen molar-refractivity contribution in [2.24, 2.45) is 7.05 Å². The number of esters is 1. The van der Waals surface area contributed by atoms with Crippen LogP contribution >= 0.6 is 34.5 Å². The maximum atomic E-state index is 14.1. The molecule has 16 heteroatoms. The van der Waals surface area contributed by atoms with Gasteiger partial charge in [0.15, 0.2) is 0 Å². The molecule has 2 fully saturated rings. The van der Waals surface area contributed by atoms with E-state index in [1.54, 1.807) is 23.4 Å². The van der Waals surface area contributed by atoms with Gasteiger partial charge in [0.05, 0.1) is 48.8 Å². The lowest BCUT2D eigenvalue weighted by Gasteiger charge is -2.38. The van der Waals surface area contributed by atoms with E-state index >= 15 is 0 Å². The van der Waals surface area contributed by atoms with Gasteiger partial charge in [-0.2, -0.15) is 13.2 Å². The highest BCUT2D eigenvalue weighted by atomic mass is 35.5. The van der Waals surface area contributed by atoms with Crippen molar-refractivity contribution in [3.63, 3.8) is 0 Å². The number of aromatic nitrogens is 2. The van der Waals surface area contributed by atoms with Crippen LogP contribution in [0.5, 0.6) is 0 Å². The summed E-state index contributed by atoms with van der Waals surface area (Å²) in [5.41, 5.74) is 2.17. The molecule has 2 atom stereocenters. The number of thiazole rings is 1. The first kappa shape index (κ1) is 37.1. The van der Waals surface area contributed by atoms with Crippen LogP contribution in [0.3, 0.4) is 0 Å². The highest BCUT2D eigenvalue weighted by molar-refractivity contribution is 7.11. The first-order chi connectivity index (χ1) is 24.3. The van der Waals surface area contributed by atoms with Crippen molar-refractivity contribution < 1.29 is 32.3 Å². The molecular formula is C35H37Cl2F3N6O4S. The summed E-state index contributed by atoms with van der Waals surface area (Å²) in [6.07, 6.45) is 0.333. The van der Waals surface area contributed by atoms with E-state index in [-0.39, 0.29) is 65.8 Å². The molecule has 0 radical (unpaired) electrons. The van der Waals surface area contributed by atoms with Crippen LogP contribution in [0.15, 0.2) is 48.8 Å². The number of alkyl halides is 3. The Hall–Kier alpha value is -3.69. The number of anilines is 1. The SMILES string of the molecule is COC(=O)CCc1cnc([C@@H]2C[C@H](N3CCN(CC(F)(F)F)CC3)CN2C(=O)Cc2cc(Cl)c(NC(=O)c3cn(C)c4ccccc34)cc2Cl)s1. The lowest BCUT2D eigenvalue weighted by molar-refractivity contribution is -0.150. The smallest absolute Gasteiger partial charge is 0.401 e. The number of carbonyl (C=O) groups excluding carboxylic acids is 3. The Balaban J connectivity index is 1.18. The van der Waals surface area contributed by atoms with Crippen LogP contribution in [-0.2, 0) is 34.2 Å². The van der Waals surface area contributed by atoms with Gasteiger partial charge in [-0.15, -0.1) is 11.3 Å². The number of carbonyl (C=O) groups is 3. The lowest BCUT2D eigenvalue weighted by atomic mass is 10.1.